The zero-order chi connectivity index (χ0) is 22.3. The highest BCUT2D eigenvalue weighted by Gasteiger charge is 2.48. The monoisotopic (exact) mass is 436 g/mol. The van der Waals surface area contributed by atoms with Gasteiger partial charge in [0.15, 0.2) is 17.0 Å². The molecule has 1 amide bonds. The largest absolute Gasteiger partial charge is 0.371 e. The lowest BCUT2D eigenvalue weighted by atomic mass is 10.1. The third-order valence-corrected chi connectivity index (χ3v) is 6.27. The van der Waals surface area contributed by atoms with Crippen molar-refractivity contribution in [1.82, 2.24) is 34.4 Å². The van der Waals surface area contributed by atoms with E-state index in [0.29, 0.717) is 55.5 Å². The van der Waals surface area contributed by atoms with Crippen LogP contribution in [-0.2, 0) is 16.1 Å². The van der Waals surface area contributed by atoms with Crippen molar-refractivity contribution in [2.45, 2.75) is 58.2 Å². The molecule has 1 atom stereocenters. The average Bonchev–Trinajstić information content (AvgIpc) is 3.44. The number of anilines is 1. The van der Waals surface area contributed by atoms with E-state index in [9.17, 15) is 4.79 Å². The van der Waals surface area contributed by atoms with Crippen molar-refractivity contribution in [3.63, 3.8) is 0 Å². The van der Waals surface area contributed by atoms with Crippen molar-refractivity contribution in [3.8, 4) is 11.4 Å². The zero-order valence-electron chi connectivity index (χ0n) is 18.7. The predicted molar refractivity (Wildman–Crippen MR) is 119 cm³/mol. The first-order valence-electron chi connectivity index (χ1n) is 11.2. The van der Waals surface area contributed by atoms with Crippen LogP contribution in [0.25, 0.3) is 22.6 Å². The zero-order valence-corrected chi connectivity index (χ0v) is 18.7. The van der Waals surface area contributed by atoms with Crippen LogP contribution >= 0.6 is 0 Å². The molecule has 3 aromatic rings. The number of hydrogen-bond acceptors (Lipinski definition) is 8. The lowest BCUT2D eigenvalue weighted by Crippen LogP contribution is -2.51. The summed E-state index contributed by atoms with van der Waals surface area (Å²) in [5.41, 5.74) is 2.06. The van der Waals surface area contributed by atoms with Gasteiger partial charge in [-0.2, -0.15) is 0 Å². The summed E-state index contributed by atoms with van der Waals surface area (Å²) in [6.45, 7) is 8.47. The third-order valence-electron chi connectivity index (χ3n) is 6.27. The summed E-state index contributed by atoms with van der Waals surface area (Å²) >= 11 is 0. The van der Waals surface area contributed by atoms with Crippen LogP contribution in [0.4, 0.5) is 5.82 Å². The van der Waals surface area contributed by atoms with Crippen LogP contribution in [0.3, 0.4) is 0 Å². The van der Waals surface area contributed by atoms with Crippen LogP contribution in [0, 0.1) is 6.92 Å². The van der Waals surface area contributed by atoms with Crippen LogP contribution in [0.15, 0.2) is 18.7 Å². The van der Waals surface area contributed by atoms with E-state index in [1.807, 2.05) is 30.2 Å². The number of carbonyl (C=O) groups is 1. The van der Waals surface area contributed by atoms with E-state index < -0.39 is 0 Å². The molecule has 2 fully saturated rings. The number of nitrogens with one attached hydrogen (secondary N) is 1. The van der Waals surface area contributed by atoms with Crippen molar-refractivity contribution in [1.29, 1.82) is 0 Å². The van der Waals surface area contributed by atoms with E-state index in [-0.39, 0.29) is 17.6 Å². The summed E-state index contributed by atoms with van der Waals surface area (Å²) < 4.78 is 7.88. The van der Waals surface area contributed by atoms with Gasteiger partial charge < -0.3 is 19.5 Å². The van der Waals surface area contributed by atoms with Gasteiger partial charge in [-0.3, -0.25) is 4.79 Å². The van der Waals surface area contributed by atoms with Gasteiger partial charge in [-0.25, -0.2) is 24.9 Å². The number of nitrogens with zero attached hydrogens (tertiary/aromatic N) is 7. The topological polar surface area (TPSA) is 111 Å². The second-order valence-electron chi connectivity index (χ2n) is 8.49. The second-order valence-corrected chi connectivity index (χ2v) is 8.49. The maximum atomic E-state index is 13.3. The van der Waals surface area contributed by atoms with Crippen LogP contribution in [0.2, 0.25) is 0 Å². The minimum absolute atomic E-state index is 0.0796. The molecule has 10 nitrogen and oxygen atoms in total. The Bertz CT molecular complexity index is 1140. The van der Waals surface area contributed by atoms with Crippen LogP contribution in [0.5, 0.6) is 0 Å². The Morgan fingerprint density at radius 3 is 2.69 bits per heavy atom. The molecule has 168 valence electrons. The number of hydrogen-bond donors (Lipinski definition) is 1. The first kappa shape index (κ1) is 20.7. The molecule has 10 heteroatoms. The SMILES string of the molecule is CC[C@@H](Nc1ncnc2c1nc(-c1cnc(C)nc1)n2CC)C(=O)N1CCOC2(CC2)C1. The number of morpholine rings is 1. The smallest absolute Gasteiger partial charge is 0.245 e. The molecule has 0 unspecified atom stereocenters. The lowest BCUT2D eigenvalue weighted by Gasteiger charge is -2.35. The predicted octanol–water partition coefficient (Wildman–Crippen LogP) is 2.19. The van der Waals surface area contributed by atoms with Crippen molar-refractivity contribution in [2.75, 3.05) is 25.0 Å². The van der Waals surface area contributed by atoms with E-state index >= 15 is 0 Å². The van der Waals surface area contributed by atoms with E-state index in [1.54, 1.807) is 12.4 Å². The Hall–Kier alpha value is -3.14. The lowest BCUT2D eigenvalue weighted by molar-refractivity contribution is -0.141. The molecule has 32 heavy (non-hydrogen) atoms. The van der Waals surface area contributed by atoms with E-state index in [4.69, 9.17) is 9.72 Å². The van der Waals surface area contributed by atoms with Crippen LogP contribution < -0.4 is 5.32 Å². The Balaban J connectivity index is 1.45. The highest BCUT2D eigenvalue weighted by molar-refractivity contribution is 5.90. The standard InChI is InChI=1S/C22H28N8O2/c1-4-16(21(31)29-8-9-32-22(12-29)6-7-22)27-18-17-20(26-13-25-18)30(5-2)19(28-17)15-10-23-14(3)24-11-15/h10-11,13,16H,4-9,12H2,1-3H3,(H,25,26,27)/t16-/m1/s1. The fourth-order valence-corrected chi connectivity index (χ4v) is 4.27. The quantitative estimate of drug-likeness (QED) is 0.626. The van der Waals surface area contributed by atoms with E-state index in [0.717, 1.165) is 24.2 Å². The van der Waals surface area contributed by atoms with Crippen molar-refractivity contribution in [2.24, 2.45) is 0 Å². The van der Waals surface area contributed by atoms with Crippen LogP contribution in [0.1, 0.15) is 38.9 Å². The summed E-state index contributed by atoms with van der Waals surface area (Å²) in [7, 11) is 0. The Kier molecular flexibility index (Phi) is 5.24. The van der Waals surface area contributed by atoms with Gasteiger partial charge in [-0.05, 0) is 33.1 Å². The molecule has 0 radical (unpaired) electrons. The molecular weight excluding hydrogens is 408 g/mol. The number of fused-ring (bicyclic) bond motifs is 1. The van der Waals surface area contributed by atoms with Gasteiger partial charge in [0.25, 0.3) is 0 Å². The maximum Gasteiger partial charge on any atom is 0.245 e. The number of aromatic nitrogens is 6. The van der Waals surface area contributed by atoms with Gasteiger partial charge in [-0.1, -0.05) is 6.92 Å². The Morgan fingerprint density at radius 1 is 1.22 bits per heavy atom. The fourth-order valence-electron chi connectivity index (χ4n) is 4.27. The highest BCUT2D eigenvalue weighted by atomic mass is 16.5. The number of aryl methyl sites for hydroxylation is 2. The van der Waals surface area contributed by atoms with Crippen molar-refractivity contribution < 1.29 is 9.53 Å². The van der Waals surface area contributed by atoms with Crippen molar-refractivity contribution >= 4 is 22.9 Å². The molecular formula is C22H28N8O2. The minimum atomic E-state index is -0.389. The highest BCUT2D eigenvalue weighted by Crippen LogP contribution is 2.42. The molecule has 0 bridgehead atoms. The van der Waals surface area contributed by atoms with Gasteiger partial charge in [0.1, 0.15) is 24.0 Å². The van der Waals surface area contributed by atoms with E-state index in [1.165, 1.54) is 6.33 Å². The number of rotatable bonds is 6. The summed E-state index contributed by atoms with van der Waals surface area (Å²) in [6, 6.07) is -0.389. The Labute approximate surface area is 186 Å². The second kappa shape index (κ2) is 8.09. The van der Waals surface area contributed by atoms with Crippen LogP contribution in [-0.4, -0.2) is 71.6 Å². The van der Waals surface area contributed by atoms with Crippen molar-refractivity contribution in [3.05, 3.63) is 24.5 Å². The Morgan fingerprint density at radius 2 is 2.00 bits per heavy atom. The summed E-state index contributed by atoms with van der Waals surface area (Å²) in [5.74, 6) is 2.08. The molecule has 1 aliphatic heterocycles. The van der Waals surface area contributed by atoms with Gasteiger partial charge in [0, 0.05) is 32.0 Å². The first-order chi connectivity index (χ1) is 15.5. The summed E-state index contributed by atoms with van der Waals surface area (Å²) in [4.78, 5) is 37.5. The number of carbonyl (C=O) groups excluding carboxylic acids is 1. The molecule has 1 saturated carbocycles. The van der Waals surface area contributed by atoms with Gasteiger partial charge >= 0.3 is 0 Å². The molecule has 1 saturated heterocycles. The first-order valence-corrected chi connectivity index (χ1v) is 11.2. The number of amides is 1. The molecule has 4 heterocycles. The molecule has 5 rings (SSSR count). The summed E-state index contributed by atoms with van der Waals surface area (Å²) in [5, 5.41) is 3.35. The maximum absolute atomic E-state index is 13.3. The third kappa shape index (κ3) is 3.68. The molecule has 1 spiro atoms. The van der Waals surface area contributed by atoms with Gasteiger partial charge in [0.2, 0.25) is 5.91 Å². The average molecular weight is 437 g/mol. The molecule has 2 aliphatic rings. The minimum Gasteiger partial charge on any atom is -0.371 e. The molecule has 1 aliphatic carbocycles. The molecule has 1 N–H and O–H groups in total. The van der Waals surface area contributed by atoms with E-state index in [2.05, 4.69) is 25.3 Å². The normalized spacial score (nSPS) is 18.2. The summed E-state index contributed by atoms with van der Waals surface area (Å²) in [6.07, 6.45) is 7.75. The molecule has 0 aromatic carbocycles. The van der Waals surface area contributed by atoms with Gasteiger partial charge in [0.05, 0.1) is 17.8 Å². The molecule has 3 aromatic heterocycles. The number of imidazole rings is 1. The van der Waals surface area contributed by atoms with Gasteiger partial charge in [-0.15, -0.1) is 0 Å². The fraction of sp³-hybridized carbons (Fsp3) is 0.545. The number of ether oxygens (including phenoxy) is 1.